The minimum absolute atomic E-state index is 0.0949. The van der Waals surface area contributed by atoms with E-state index in [1.165, 1.54) is 25.7 Å². The van der Waals surface area contributed by atoms with Crippen LogP contribution in [0.5, 0.6) is 11.6 Å². The number of halogens is 1. The first-order valence-electron chi connectivity index (χ1n) is 8.87. The number of methoxy groups -OCH3 is 1. The van der Waals surface area contributed by atoms with Gasteiger partial charge in [0.05, 0.1) is 17.8 Å². The van der Waals surface area contributed by atoms with E-state index < -0.39 is 0 Å². The van der Waals surface area contributed by atoms with Crippen molar-refractivity contribution in [3.63, 3.8) is 0 Å². The van der Waals surface area contributed by atoms with Crippen LogP contribution in [0.2, 0.25) is 5.02 Å². The van der Waals surface area contributed by atoms with Gasteiger partial charge in [0, 0.05) is 11.1 Å². The molecule has 4 heteroatoms. The van der Waals surface area contributed by atoms with Crippen LogP contribution in [-0.2, 0) is 6.42 Å². The Morgan fingerprint density at radius 2 is 2.04 bits per heavy atom. The lowest BCUT2D eigenvalue weighted by Crippen LogP contribution is -2.00. The quantitative estimate of drug-likeness (QED) is 0.753. The van der Waals surface area contributed by atoms with E-state index in [0.717, 1.165) is 28.8 Å². The molecule has 1 heterocycles. The third-order valence-electron chi connectivity index (χ3n) is 4.85. The molecule has 2 aromatic rings. The van der Waals surface area contributed by atoms with Crippen molar-refractivity contribution in [1.29, 1.82) is 0 Å². The second-order valence-corrected chi connectivity index (χ2v) is 6.92. The molecule has 1 aliphatic carbocycles. The molecule has 0 saturated heterocycles. The molecule has 0 atom stereocenters. The molecule has 1 fully saturated rings. The summed E-state index contributed by atoms with van der Waals surface area (Å²) >= 11 is 6.15. The highest BCUT2D eigenvalue weighted by Gasteiger charge is 2.17. The zero-order valence-electron chi connectivity index (χ0n) is 14.8. The monoisotopic (exact) mass is 357 g/mol. The molecular weight excluding hydrogens is 334 g/mol. The van der Waals surface area contributed by atoms with E-state index in [2.05, 4.69) is 19.1 Å². The molecule has 1 aromatic heterocycles. The first-order valence-corrected chi connectivity index (χ1v) is 9.25. The molecule has 1 aromatic carbocycles. The standard InChI is InChI=1S/C21H24ClNO2/c1-3-15-8-10-19(23-21(15)25-2)17(12-14-6-4-5-7-14)16-9-11-20(24)18(22)13-16/h8-14,24H,3-7H2,1-2H3/b17-12+. The van der Waals surface area contributed by atoms with Gasteiger partial charge >= 0.3 is 0 Å². The lowest BCUT2D eigenvalue weighted by atomic mass is 9.95. The Kier molecular flexibility index (Phi) is 5.64. The Balaban J connectivity index is 2.09. The van der Waals surface area contributed by atoms with Crippen molar-refractivity contribution in [1.82, 2.24) is 4.98 Å². The molecule has 1 aliphatic rings. The number of hydrogen-bond acceptors (Lipinski definition) is 3. The summed E-state index contributed by atoms with van der Waals surface area (Å²) in [6.07, 6.45) is 8.15. The van der Waals surface area contributed by atoms with Crippen LogP contribution < -0.4 is 4.74 Å². The van der Waals surface area contributed by atoms with Gasteiger partial charge < -0.3 is 9.84 Å². The van der Waals surface area contributed by atoms with Crippen LogP contribution in [0.3, 0.4) is 0 Å². The number of aromatic hydroxyl groups is 1. The van der Waals surface area contributed by atoms with Crippen LogP contribution in [0.1, 0.15) is 49.4 Å². The Hall–Kier alpha value is -2.00. The van der Waals surface area contributed by atoms with Crippen molar-refractivity contribution in [2.75, 3.05) is 7.11 Å². The lowest BCUT2D eigenvalue weighted by Gasteiger charge is -2.14. The minimum Gasteiger partial charge on any atom is -0.506 e. The van der Waals surface area contributed by atoms with E-state index in [9.17, 15) is 5.11 Å². The van der Waals surface area contributed by atoms with Gasteiger partial charge in [0.15, 0.2) is 0 Å². The van der Waals surface area contributed by atoms with E-state index in [1.54, 1.807) is 19.2 Å². The van der Waals surface area contributed by atoms with Crippen molar-refractivity contribution in [2.24, 2.45) is 5.92 Å². The first kappa shape index (κ1) is 17.8. The van der Waals surface area contributed by atoms with Gasteiger partial charge in [0.1, 0.15) is 5.75 Å². The fourth-order valence-corrected chi connectivity index (χ4v) is 3.61. The number of hydrogen-bond donors (Lipinski definition) is 1. The highest BCUT2D eigenvalue weighted by Crippen LogP contribution is 2.35. The molecular formula is C21H24ClNO2. The van der Waals surface area contributed by atoms with Crippen LogP contribution >= 0.6 is 11.6 Å². The molecule has 0 aliphatic heterocycles. The lowest BCUT2D eigenvalue weighted by molar-refractivity contribution is 0.392. The summed E-state index contributed by atoms with van der Waals surface area (Å²) in [6.45, 7) is 2.09. The molecule has 3 rings (SSSR count). The van der Waals surface area contributed by atoms with Gasteiger partial charge in [0.2, 0.25) is 5.88 Å². The van der Waals surface area contributed by atoms with Crippen molar-refractivity contribution in [2.45, 2.75) is 39.0 Å². The summed E-state index contributed by atoms with van der Waals surface area (Å²) in [6, 6.07) is 9.45. The SMILES string of the molecule is CCc1ccc(/C(=C/C2CCCC2)c2ccc(O)c(Cl)c2)nc1OC. The van der Waals surface area contributed by atoms with Gasteiger partial charge in [-0.15, -0.1) is 0 Å². The van der Waals surface area contributed by atoms with Gasteiger partial charge in [-0.05, 0) is 48.9 Å². The Bertz CT molecular complexity index is 779. The van der Waals surface area contributed by atoms with Crippen molar-refractivity contribution >= 4 is 17.2 Å². The van der Waals surface area contributed by atoms with Crippen LogP contribution in [0.4, 0.5) is 0 Å². The van der Waals surface area contributed by atoms with Crippen molar-refractivity contribution in [3.05, 3.63) is 58.3 Å². The number of nitrogens with zero attached hydrogens (tertiary/aromatic N) is 1. The van der Waals surface area contributed by atoms with E-state index in [1.807, 2.05) is 12.1 Å². The highest BCUT2D eigenvalue weighted by atomic mass is 35.5. The van der Waals surface area contributed by atoms with Gasteiger partial charge in [-0.1, -0.05) is 49.6 Å². The van der Waals surface area contributed by atoms with Crippen LogP contribution in [0.15, 0.2) is 36.4 Å². The maximum Gasteiger partial charge on any atom is 0.216 e. The van der Waals surface area contributed by atoms with Crippen molar-refractivity contribution < 1.29 is 9.84 Å². The summed E-state index contributed by atoms with van der Waals surface area (Å²) in [5.74, 6) is 1.32. The number of allylic oxidation sites excluding steroid dienone is 1. The van der Waals surface area contributed by atoms with E-state index in [0.29, 0.717) is 16.8 Å². The number of phenols is 1. The number of phenolic OH excluding ortho intramolecular Hbond substituents is 1. The predicted octanol–water partition coefficient (Wildman–Crippen LogP) is 5.63. The van der Waals surface area contributed by atoms with Crippen LogP contribution in [-0.4, -0.2) is 17.2 Å². The summed E-state index contributed by atoms with van der Waals surface area (Å²) in [5.41, 5.74) is 3.99. The fraction of sp³-hybridized carbons (Fsp3) is 0.381. The summed E-state index contributed by atoms with van der Waals surface area (Å²) in [7, 11) is 1.66. The summed E-state index contributed by atoms with van der Waals surface area (Å²) in [5, 5.41) is 10.1. The molecule has 3 nitrogen and oxygen atoms in total. The number of aromatic nitrogens is 1. The molecule has 1 N–H and O–H groups in total. The minimum atomic E-state index is 0.0949. The zero-order chi connectivity index (χ0) is 17.8. The molecule has 1 saturated carbocycles. The van der Waals surface area contributed by atoms with E-state index in [-0.39, 0.29) is 5.75 Å². The molecule has 132 valence electrons. The average Bonchev–Trinajstić information content (AvgIpc) is 3.15. The third-order valence-corrected chi connectivity index (χ3v) is 5.15. The van der Waals surface area contributed by atoms with Crippen LogP contribution in [0, 0.1) is 5.92 Å². The zero-order valence-corrected chi connectivity index (χ0v) is 15.5. The topological polar surface area (TPSA) is 42.4 Å². The highest BCUT2D eigenvalue weighted by molar-refractivity contribution is 6.32. The van der Waals surface area contributed by atoms with Gasteiger partial charge in [-0.25, -0.2) is 4.98 Å². The molecule has 0 radical (unpaired) electrons. The summed E-state index contributed by atoms with van der Waals surface area (Å²) < 4.78 is 5.47. The van der Waals surface area contributed by atoms with Gasteiger partial charge in [0.25, 0.3) is 0 Å². The number of pyridine rings is 1. The predicted molar refractivity (Wildman–Crippen MR) is 102 cm³/mol. The van der Waals surface area contributed by atoms with E-state index in [4.69, 9.17) is 21.3 Å². The summed E-state index contributed by atoms with van der Waals surface area (Å²) in [4.78, 5) is 4.74. The van der Waals surface area contributed by atoms with Gasteiger partial charge in [-0.2, -0.15) is 0 Å². The van der Waals surface area contributed by atoms with E-state index >= 15 is 0 Å². The smallest absolute Gasteiger partial charge is 0.216 e. The maximum absolute atomic E-state index is 9.74. The molecule has 0 bridgehead atoms. The maximum atomic E-state index is 9.74. The second kappa shape index (κ2) is 7.92. The number of rotatable bonds is 5. The van der Waals surface area contributed by atoms with Crippen molar-refractivity contribution in [3.8, 4) is 11.6 Å². The second-order valence-electron chi connectivity index (χ2n) is 6.51. The number of ether oxygens (including phenoxy) is 1. The molecule has 0 amide bonds. The number of benzene rings is 1. The molecule has 25 heavy (non-hydrogen) atoms. The molecule has 0 spiro atoms. The Morgan fingerprint density at radius 1 is 1.28 bits per heavy atom. The average molecular weight is 358 g/mol. The van der Waals surface area contributed by atoms with Crippen LogP contribution in [0.25, 0.3) is 5.57 Å². The largest absolute Gasteiger partial charge is 0.506 e. The van der Waals surface area contributed by atoms with Gasteiger partial charge in [-0.3, -0.25) is 0 Å². The normalized spacial score (nSPS) is 15.6. The molecule has 0 unspecified atom stereocenters. The fourth-order valence-electron chi connectivity index (χ4n) is 3.43. The Labute approximate surface area is 154 Å². The number of aryl methyl sites for hydroxylation is 1. The third kappa shape index (κ3) is 3.98. The first-order chi connectivity index (χ1) is 12.1. The Morgan fingerprint density at radius 3 is 2.68 bits per heavy atom.